The van der Waals surface area contributed by atoms with E-state index in [9.17, 15) is 0 Å². The number of hydrazone groups is 2. The van der Waals surface area contributed by atoms with E-state index >= 15 is 0 Å². The molecule has 1 aliphatic heterocycles. The molecule has 0 saturated carbocycles. The summed E-state index contributed by atoms with van der Waals surface area (Å²) in [6, 6.07) is 14.7. The van der Waals surface area contributed by atoms with Gasteiger partial charge in [0.1, 0.15) is 5.71 Å². The van der Waals surface area contributed by atoms with Gasteiger partial charge in [-0.3, -0.25) is 0 Å². The molecule has 1 N–H and O–H groups in total. The predicted octanol–water partition coefficient (Wildman–Crippen LogP) is 3.71. The molecule has 1 aliphatic rings. The van der Waals surface area contributed by atoms with Gasteiger partial charge in [0.05, 0.1) is 11.9 Å². The van der Waals surface area contributed by atoms with E-state index in [4.69, 9.17) is 23.2 Å². The van der Waals surface area contributed by atoms with Crippen molar-refractivity contribution >= 4 is 40.8 Å². The third kappa shape index (κ3) is 2.76. The number of benzene rings is 2. The largest absolute Gasteiger partial charge is 0.197 e. The molecule has 100 valence electrons. The summed E-state index contributed by atoms with van der Waals surface area (Å²) >= 11 is 11.7. The Labute approximate surface area is 126 Å². The van der Waals surface area contributed by atoms with Crippen molar-refractivity contribution in [3.8, 4) is 0 Å². The lowest BCUT2D eigenvalue weighted by molar-refractivity contribution is 0.679. The van der Waals surface area contributed by atoms with Gasteiger partial charge in [0.15, 0.2) is 0 Å². The summed E-state index contributed by atoms with van der Waals surface area (Å²) in [6.07, 6.45) is 1.69. The minimum atomic E-state index is 0.681. The van der Waals surface area contributed by atoms with E-state index in [1.165, 1.54) is 0 Å². The zero-order valence-corrected chi connectivity index (χ0v) is 11.8. The van der Waals surface area contributed by atoms with E-state index in [-0.39, 0.29) is 0 Å². The number of anilines is 1. The fourth-order valence-electron chi connectivity index (χ4n) is 1.73. The van der Waals surface area contributed by atoms with Gasteiger partial charge in [-0.25, -0.2) is 0 Å². The second-order valence-corrected chi connectivity index (χ2v) is 5.01. The summed E-state index contributed by atoms with van der Waals surface area (Å²) in [4.78, 5) is 0. The molecule has 0 atom stereocenters. The fraction of sp³-hybridized carbons (Fsp3) is 0. The molecule has 0 fully saturated rings. The van der Waals surface area contributed by atoms with Crippen LogP contribution < -0.4 is 10.7 Å². The van der Waals surface area contributed by atoms with Crippen LogP contribution in [0.3, 0.4) is 0 Å². The van der Waals surface area contributed by atoms with Crippen molar-refractivity contribution in [2.24, 2.45) is 10.2 Å². The number of nitrogens with zero attached hydrogens (tertiary/aromatic N) is 3. The summed E-state index contributed by atoms with van der Waals surface area (Å²) < 4.78 is 0. The second kappa shape index (κ2) is 5.53. The Morgan fingerprint density at radius 1 is 0.850 bits per heavy atom. The first kappa shape index (κ1) is 13.0. The highest BCUT2D eigenvalue weighted by Crippen LogP contribution is 2.18. The van der Waals surface area contributed by atoms with Crippen LogP contribution in [0.4, 0.5) is 5.69 Å². The minimum Gasteiger partial charge on any atom is -0.197 e. The maximum Gasteiger partial charge on any atom is 0.112 e. The van der Waals surface area contributed by atoms with Crippen LogP contribution in [0.5, 0.6) is 0 Å². The fourth-order valence-corrected chi connectivity index (χ4v) is 1.99. The number of nitrogens with one attached hydrogen (secondary N) is 1. The van der Waals surface area contributed by atoms with Crippen molar-refractivity contribution in [1.29, 1.82) is 0 Å². The molecule has 2 aromatic rings. The highest BCUT2D eigenvalue weighted by molar-refractivity contribution is 6.39. The van der Waals surface area contributed by atoms with E-state index in [1.807, 2.05) is 36.4 Å². The average molecular weight is 305 g/mol. The second-order valence-electron chi connectivity index (χ2n) is 4.14. The molecule has 0 aromatic heterocycles. The molecule has 0 aliphatic carbocycles. The Bertz CT molecular complexity index is 663. The van der Waals surface area contributed by atoms with Gasteiger partial charge in [0, 0.05) is 15.6 Å². The van der Waals surface area contributed by atoms with Crippen molar-refractivity contribution in [3.63, 3.8) is 0 Å². The van der Waals surface area contributed by atoms with Gasteiger partial charge in [0.25, 0.3) is 0 Å². The number of halogens is 2. The maximum absolute atomic E-state index is 5.86. The molecule has 6 heteroatoms. The van der Waals surface area contributed by atoms with Crippen LogP contribution in [-0.2, 0) is 0 Å². The first-order valence-electron chi connectivity index (χ1n) is 5.91. The zero-order chi connectivity index (χ0) is 13.9. The van der Waals surface area contributed by atoms with Gasteiger partial charge in [-0.15, -0.1) is 0 Å². The molecule has 0 amide bonds. The monoisotopic (exact) mass is 304 g/mol. The van der Waals surface area contributed by atoms with Crippen molar-refractivity contribution < 1.29 is 0 Å². The standard InChI is InChI=1S/C14H10Cl2N4/c15-11-3-1-10(2-4-11)14-9-17-20(19-18-14)13-7-5-12(16)6-8-13/h1-9,19H. The highest BCUT2D eigenvalue weighted by Gasteiger charge is 2.10. The highest BCUT2D eigenvalue weighted by atomic mass is 35.5. The number of rotatable bonds is 2. The molecule has 0 radical (unpaired) electrons. The topological polar surface area (TPSA) is 40.0 Å². The number of hydrazine groups is 1. The Morgan fingerprint density at radius 2 is 1.45 bits per heavy atom. The molecule has 0 spiro atoms. The summed E-state index contributed by atoms with van der Waals surface area (Å²) in [5, 5.41) is 11.5. The van der Waals surface area contributed by atoms with Gasteiger partial charge in [-0.05, 0) is 36.4 Å². The number of hydrogen-bond donors (Lipinski definition) is 1. The SMILES string of the molecule is Clc1ccc(C2=NNN(c3ccc(Cl)cc3)N=C2)cc1. The lowest BCUT2D eigenvalue weighted by Gasteiger charge is -2.21. The first-order valence-corrected chi connectivity index (χ1v) is 6.67. The summed E-state index contributed by atoms with van der Waals surface area (Å²) in [5.41, 5.74) is 5.41. The van der Waals surface area contributed by atoms with Crippen molar-refractivity contribution in [1.82, 2.24) is 5.53 Å². The average Bonchev–Trinajstić information content (AvgIpc) is 2.49. The number of hydrogen-bond acceptors (Lipinski definition) is 4. The van der Waals surface area contributed by atoms with E-state index in [0.29, 0.717) is 10.0 Å². The quantitative estimate of drug-likeness (QED) is 0.919. The van der Waals surface area contributed by atoms with Crippen LogP contribution in [0.2, 0.25) is 10.0 Å². The first-order chi connectivity index (χ1) is 9.72. The third-order valence-corrected chi connectivity index (χ3v) is 3.28. The van der Waals surface area contributed by atoms with Crippen LogP contribution in [0.1, 0.15) is 5.56 Å². The van der Waals surface area contributed by atoms with Gasteiger partial charge >= 0.3 is 0 Å². The maximum atomic E-state index is 5.86. The molecular formula is C14H10Cl2N4. The molecule has 0 saturated heterocycles. The van der Waals surface area contributed by atoms with E-state index in [2.05, 4.69) is 15.7 Å². The van der Waals surface area contributed by atoms with E-state index < -0.39 is 0 Å². The normalized spacial score (nSPS) is 13.9. The third-order valence-electron chi connectivity index (χ3n) is 2.77. The molecule has 2 aromatic carbocycles. The van der Waals surface area contributed by atoms with Gasteiger partial charge in [-0.2, -0.15) is 20.9 Å². The van der Waals surface area contributed by atoms with E-state index in [0.717, 1.165) is 17.0 Å². The van der Waals surface area contributed by atoms with Crippen LogP contribution in [0.15, 0.2) is 58.7 Å². The van der Waals surface area contributed by atoms with Crippen molar-refractivity contribution in [3.05, 3.63) is 64.1 Å². The lowest BCUT2D eigenvalue weighted by atomic mass is 10.1. The van der Waals surface area contributed by atoms with Crippen LogP contribution in [0, 0.1) is 0 Å². The zero-order valence-electron chi connectivity index (χ0n) is 10.3. The van der Waals surface area contributed by atoms with E-state index in [1.54, 1.807) is 23.5 Å². The Morgan fingerprint density at radius 3 is 2.00 bits per heavy atom. The molecule has 1 heterocycles. The Kier molecular flexibility index (Phi) is 3.58. The Balaban J connectivity index is 1.77. The smallest absolute Gasteiger partial charge is 0.112 e. The molecule has 3 rings (SSSR count). The van der Waals surface area contributed by atoms with Crippen molar-refractivity contribution in [2.75, 3.05) is 5.12 Å². The minimum absolute atomic E-state index is 0.681. The molecule has 4 nitrogen and oxygen atoms in total. The summed E-state index contributed by atoms with van der Waals surface area (Å²) in [7, 11) is 0. The van der Waals surface area contributed by atoms with Crippen LogP contribution in [-0.4, -0.2) is 11.9 Å². The van der Waals surface area contributed by atoms with Gasteiger partial charge in [0.2, 0.25) is 0 Å². The molecule has 20 heavy (non-hydrogen) atoms. The molecule has 0 unspecified atom stereocenters. The molecule has 0 bridgehead atoms. The lowest BCUT2D eigenvalue weighted by Crippen LogP contribution is -2.34. The molecular weight excluding hydrogens is 295 g/mol. The van der Waals surface area contributed by atoms with Crippen LogP contribution in [0.25, 0.3) is 0 Å². The summed E-state index contributed by atoms with van der Waals surface area (Å²) in [5.74, 6) is 0. The van der Waals surface area contributed by atoms with Crippen molar-refractivity contribution in [2.45, 2.75) is 0 Å². The predicted molar refractivity (Wildman–Crippen MR) is 83.5 cm³/mol. The Hall–Kier alpha value is -2.04. The summed E-state index contributed by atoms with van der Waals surface area (Å²) in [6.45, 7) is 0. The van der Waals surface area contributed by atoms with Crippen LogP contribution >= 0.6 is 23.2 Å². The van der Waals surface area contributed by atoms with Gasteiger partial charge in [-0.1, -0.05) is 35.3 Å². The van der Waals surface area contributed by atoms with Gasteiger partial charge < -0.3 is 0 Å².